The lowest BCUT2D eigenvalue weighted by Gasteiger charge is -2.07. The maximum absolute atomic E-state index is 6.01. The Morgan fingerprint density at radius 3 is 2.23 bits per heavy atom. The van der Waals surface area contributed by atoms with E-state index in [-0.39, 0.29) is 0 Å². The van der Waals surface area contributed by atoms with Gasteiger partial charge < -0.3 is 13.9 Å². The first-order chi connectivity index (χ1) is 10.6. The fourth-order valence-electron chi connectivity index (χ4n) is 2.44. The highest BCUT2D eigenvalue weighted by Gasteiger charge is 2.15. The van der Waals surface area contributed by atoms with Crippen molar-refractivity contribution in [3.05, 3.63) is 42.0 Å². The van der Waals surface area contributed by atoms with E-state index in [1.54, 1.807) is 14.2 Å². The van der Waals surface area contributed by atoms with E-state index < -0.39 is 0 Å². The van der Waals surface area contributed by atoms with E-state index in [0.717, 1.165) is 33.7 Å². The molecule has 0 amide bonds. The molecule has 0 unspecified atom stereocenters. The zero-order valence-corrected chi connectivity index (χ0v) is 13.2. The Kier molecular flexibility index (Phi) is 3.75. The summed E-state index contributed by atoms with van der Waals surface area (Å²) >= 11 is 0. The van der Waals surface area contributed by atoms with Gasteiger partial charge >= 0.3 is 0 Å². The Hall–Kier alpha value is -2.49. The lowest BCUT2D eigenvalue weighted by molar-refractivity contribution is 0.414. The molecule has 3 rings (SSSR count). The third-order valence-electron chi connectivity index (χ3n) is 3.69. The molecule has 0 saturated heterocycles. The van der Waals surface area contributed by atoms with Gasteiger partial charge in [-0.05, 0) is 36.2 Å². The zero-order valence-electron chi connectivity index (χ0n) is 13.2. The summed E-state index contributed by atoms with van der Waals surface area (Å²) in [5.41, 5.74) is 3.66. The minimum Gasteiger partial charge on any atom is -0.497 e. The van der Waals surface area contributed by atoms with Gasteiger partial charge in [-0.1, -0.05) is 13.8 Å². The van der Waals surface area contributed by atoms with Crippen LogP contribution >= 0.6 is 0 Å². The Labute approximate surface area is 129 Å². The molecule has 22 heavy (non-hydrogen) atoms. The average molecular weight is 297 g/mol. The van der Waals surface area contributed by atoms with Crippen LogP contribution < -0.4 is 9.47 Å². The summed E-state index contributed by atoms with van der Waals surface area (Å²) in [5, 5.41) is 0. The highest BCUT2D eigenvalue weighted by molar-refractivity contribution is 5.81. The largest absolute Gasteiger partial charge is 0.497 e. The number of hydrogen-bond donors (Lipinski definition) is 0. The first-order valence-corrected chi connectivity index (χ1v) is 7.25. The summed E-state index contributed by atoms with van der Waals surface area (Å²) in [6.07, 6.45) is 0. The monoisotopic (exact) mass is 297 g/mol. The molecule has 1 heterocycles. The van der Waals surface area contributed by atoms with Gasteiger partial charge in [-0.25, -0.2) is 4.98 Å². The molecule has 2 aromatic carbocycles. The van der Waals surface area contributed by atoms with Crippen molar-refractivity contribution in [2.45, 2.75) is 19.8 Å². The molecule has 0 aliphatic rings. The number of oxazole rings is 1. The second kappa shape index (κ2) is 5.72. The summed E-state index contributed by atoms with van der Waals surface area (Å²) in [5.74, 6) is 2.54. The number of fused-ring (bicyclic) bond motifs is 1. The van der Waals surface area contributed by atoms with Gasteiger partial charge in [0.15, 0.2) is 5.58 Å². The number of methoxy groups -OCH3 is 2. The van der Waals surface area contributed by atoms with Crippen LogP contribution in [0.2, 0.25) is 0 Å². The van der Waals surface area contributed by atoms with Crippen LogP contribution in [0.15, 0.2) is 40.8 Å². The van der Waals surface area contributed by atoms with Crippen LogP contribution in [0.4, 0.5) is 0 Å². The molecule has 0 atom stereocenters. The van der Waals surface area contributed by atoms with Crippen molar-refractivity contribution in [1.29, 1.82) is 0 Å². The Balaban J connectivity index is 2.13. The number of nitrogens with zero attached hydrogens (tertiary/aromatic N) is 1. The van der Waals surface area contributed by atoms with Gasteiger partial charge in [0.05, 0.1) is 14.2 Å². The van der Waals surface area contributed by atoms with Gasteiger partial charge in [0, 0.05) is 17.2 Å². The van der Waals surface area contributed by atoms with Crippen molar-refractivity contribution >= 4 is 11.1 Å². The van der Waals surface area contributed by atoms with E-state index in [9.17, 15) is 0 Å². The highest BCUT2D eigenvalue weighted by Crippen LogP contribution is 2.33. The second-order valence-corrected chi connectivity index (χ2v) is 5.47. The van der Waals surface area contributed by atoms with Gasteiger partial charge in [-0.2, -0.15) is 0 Å². The third kappa shape index (κ3) is 2.52. The molecule has 0 fully saturated rings. The van der Waals surface area contributed by atoms with Crippen LogP contribution in [0.5, 0.6) is 11.5 Å². The Bertz CT molecular complexity index is 788. The molecule has 0 aliphatic carbocycles. The third-order valence-corrected chi connectivity index (χ3v) is 3.69. The van der Waals surface area contributed by atoms with E-state index in [1.165, 1.54) is 0 Å². The number of aromatic nitrogens is 1. The van der Waals surface area contributed by atoms with Gasteiger partial charge in [-0.3, -0.25) is 0 Å². The molecule has 0 saturated carbocycles. The lowest BCUT2D eigenvalue weighted by Crippen LogP contribution is -1.91. The number of benzene rings is 2. The topological polar surface area (TPSA) is 44.5 Å². The van der Waals surface area contributed by atoms with Crippen molar-refractivity contribution < 1.29 is 13.9 Å². The number of rotatable bonds is 4. The van der Waals surface area contributed by atoms with Crippen molar-refractivity contribution in [2.75, 3.05) is 14.2 Å². The van der Waals surface area contributed by atoms with Crippen LogP contribution in [-0.2, 0) is 0 Å². The quantitative estimate of drug-likeness (QED) is 0.704. The standard InChI is InChI=1S/C18H19NO3/c1-11(2)15-9-14(21-4)10-16-17(15)22-18(19-16)12-5-7-13(20-3)8-6-12/h5-11H,1-4H3. The fraction of sp³-hybridized carbons (Fsp3) is 0.278. The van der Waals surface area contributed by atoms with Crippen LogP contribution in [0.1, 0.15) is 25.3 Å². The normalized spacial score (nSPS) is 11.1. The summed E-state index contributed by atoms with van der Waals surface area (Å²) in [4.78, 5) is 4.60. The molecular formula is C18H19NO3. The van der Waals surface area contributed by atoms with E-state index in [4.69, 9.17) is 13.9 Å². The molecule has 0 N–H and O–H groups in total. The summed E-state index contributed by atoms with van der Waals surface area (Å²) in [6.45, 7) is 4.26. The Morgan fingerprint density at radius 2 is 1.64 bits per heavy atom. The zero-order chi connectivity index (χ0) is 15.7. The van der Waals surface area contributed by atoms with Gasteiger partial charge in [0.25, 0.3) is 0 Å². The highest BCUT2D eigenvalue weighted by atomic mass is 16.5. The molecule has 0 aliphatic heterocycles. The van der Waals surface area contributed by atoms with Gasteiger partial charge in [0.1, 0.15) is 17.0 Å². The van der Waals surface area contributed by atoms with Crippen LogP contribution in [0.3, 0.4) is 0 Å². The van der Waals surface area contributed by atoms with Gasteiger partial charge in [-0.15, -0.1) is 0 Å². The van der Waals surface area contributed by atoms with Crippen molar-refractivity contribution in [1.82, 2.24) is 4.98 Å². The smallest absolute Gasteiger partial charge is 0.227 e. The molecule has 1 aromatic heterocycles. The first kappa shape index (κ1) is 14.4. The maximum atomic E-state index is 6.01. The second-order valence-electron chi connectivity index (χ2n) is 5.47. The minimum absolute atomic E-state index is 0.328. The average Bonchev–Trinajstić information content (AvgIpc) is 2.97. The predicted octanol–water partition coefficient (Wildman–Crippen LogP) is 4.64. The van der Waals surface area contributed by atoms with Crippen molar-refractivity contribution in [3.8, 4) is 23.0 Å². The molecular weight excluding hydrogens is 278 g/mol. The fourth-order valence-corrected chi connectivity index (χ4v) is 2.44. The number of hydrogen-bond acceptors (Lipinski definition) is 4. The van der Waals surface area contributed by atoms with Crippen LogP contribution in [-0.4, -0.2) is 19.2 Å². The molecule has 114 valence electrons. The maximum Gasteiger partial charge on any atom is 0.227 e. The van der Waals surface area contributed by atoms with Crippen molar-refractivity contribution in [3.63, 3.8) is 0 Å². The summed E-state index contributed by atoms with van der Waals surface area (Å²) in [7, 11) is 3.31. The molecule has 4 nitrogen and oxygen atoms in total. The summed E-state index contributed by atoms with van der Waals surface area (Å²) in [6, 6.07) is 11.6. The van der Waals surface area contributed by atoms with E-state index in [0.29, 0.717) is 11.8 Å². The van der Waals surface area contributed by atoms with E-state index in [2.05, 4.69) is 18.8 Å². The lowest BCUT2D eigenvalue weighted by atomic mass is 10.0. The Morgan fingerprint density at radius 1 is 0.955 bits per heavy atom. The van der Waals surface area contributed by atoms with E-state index in [1.807, 2.05) is 36.4 Å². The minimum atomic E-state index is 0.328. The molecule has 0 radical (unpaired) electrons. The van der Waals surface area contributed by atoms with Crippen LogP contribution in [0, 0.1) is 0 Å². The molecule has 3 aromatic rings. The molecule has 4 heteroatoms. The summed E-state index contributed by atoms with van der Waals surface area (Å²) < 4.78 is 16.5. The number of ether oxygens (including phenoxy) is 2. The van der Waals surface area contributed by atoms with E-state index >= 15 is 0 Å². The van der Waals surface area contributed by atoms with Crippen LogP contribution in [0.25, 0.3) is 22.6 Å². The molecule has 0 spiro atoms. The van der Waals surface area contributed by atoms with Crippen molar-refractivity contribution in [2.24, 2.45) is 0 Å². The first-order valence-electron chi connectivity index (χ1n) is 7.25. The molecule has 0 bridgehead atoms. The predicted molar refractivity (Wildman–Crippen MR) is 86.6 cm³/mol. The van der Waals surface area contributed by atoms with Gasteiger partial charge in [0.2, 0.25) is 5.89 Å². The SMILES string of the molecule is COc1ccc(-c2nc3cc(OC)cc(C(C)C)c3o2)cc1.